The lowest BCUT2D eigenvalue weighted by Gasteiger charge is -2.06. The first-order valence-electron chi connectivity index (χ1n) is 4.96. The van der Waals surface area contributed by atoms with Crippen LogP contribution < -0.4 is 10.5 Å². The maximum atomic E-state index is 10.9. The van der Waals surface area contributed by atoms with E-state index in [9.17, 15) is 9.90 Å². The molecule has 0 bridgehead atoms. The van der Waals surface area contributed by atoms with Gasteiger partial charge in [0.25, 0.3) is 5.91 Å². The summed E-state index contributed by atoms with van der Waals surface area (Å²) in [6.07, 6.45) is 1.34. The number of carbonyl (C=O) groups is 1. The van der Waals surface area contributed by atoms with Gasteiger partial charge in [-0.25, -0.2) is 0 Å². The number of hydrogen-bond donors (Lipinski definition) is 2. The monoisotopic (exact) mass is 232 g/mol. The Kier molecular flexibility index (Phi) is 4.12. The third-order valence-corrected chi connectivity index (χ3v) is 1.98. The van der Waals surface area contributed by atoms with Crippen LogP contribution >= 0.6 is 0 Å². The van der Waals surface area contributed by atoms with Crippen molar-refractivity contribution in [2.45, 2.75) is 6.92 Å². The van der Waals surface area contributed by atoms with Gasteiger partial charge in [-0.1, -0.05) is 6.07 Å². The van der Waals surface area contributed by atoms with Crippen LogP contribution in [0.5, 0.6) is 11.5 Å². The number of benzene rings is 1. The molecule has 1 aromatic rings. The summed E-state index contributed by atoms with van der Waals surface area (Å²) >= 11 is 0. The van der Waals surface area contributed by atoms with Crippen LogP contribution in [0.15, 0.2) is 23.8 Å². The Balaban J connectivity index is 3.12. The summed E-state index contributed by atoms with van der Waals surface area (Å²) in [5.74, 6) is -0.497. The molecule has 0 aromatic heterocycles. The van der Waals surface area contributed by atoms with Gasteiger partial charge in [0.2, 0.25) is 0 Å². The number of ether oxygens (including phenoxy) is 1. The van der Waals surface area contributed by atoms with Crippen molar-refractivity contribution in [3.63, 3.8) is 0 Å². The van der Waals surface area contributed by atoms with Gasteiger partial charge >= 0.3 is 0 Å². The highest BCUT2D eigenvalue weighted by atomic mass is 16.5. The van der Waals surface area contributed by atoms with Crippen molar-refractivity contribution in [1.82, 2.24) is 0 Å². The Labute approximate surface area is 98.7 Å². The maximum Gasteiger partial charge on any atom is 0.259 e. The second kappa shape index (κ2) is 5.56. The van der Waals surface area contributed by atoms with Gasteiger partial charge < -0.3 is 15.6 Å². The van der Waals surface area contributed by atoms with Crippen LogP contribution in [0.1, 0.15) is 12.5 Å². The summed E-state index contributed by atoms with van der Waals surface area (Å²) < 4.78 is 5.17. The molecule has 1 amide bonds. The molecule has 5 heteroatoms. The Morgan fingerprint density at radius 3 is 2.88 bits per heavy atom. The maximum absolute atomic E-state index is 10.9. The molecule has 1 rings (SSSR count). The normalized spacial score (nSPS) is 10.7. The Morgan fingerprint density at radius 1 is 1.65 bits per heavy atom. The Hall–Kier alpha value is -2.48. The first-order chi connectivity index (χ1) is 8.08. The van der Waals surface area contributed by atoms with Gasteiger partial charge in [-0.2, -0.15) is 5.26 Å². The number of nitriles is 1. The van der Waals surface area contributed by atoms with Crippen LogP contribution in [0.25, 0.3) is 6.08 Å². The molecular weight excluding hydrogens is 220 g/mol. The van der Waals surface area contributed by atoms with Crippen molar-refractivity contribution in [2.75, 3.05) is 6.61 Å². The molecule has 0 saturated heterocycles. The SMILES string of the molecule is CCOc1cc(C=C(C#N)C(N)=O)ccc1O. The summed E-state index contributed by atoms with van der Waals surface area (Å²) in [4.78, 5) is 10.9. The highest BCUT2D eigenvalue weighted by Gasteiger charge is 2.06. The lowest BCUT2D eigenvalue weighted by Crippen LogP contribution is -2.12. The second-order valence-electron chi connectivity index (χ2n) is 3.19. The summed E-state index contributed by atoms with van der Waals surface area (Å²) in [6, 6.07) is 6.20. The van der Waals surface area contributed by atoms with E-state index in [1.54, 1.807) is 19.1 Å². The van der Waals surface area contributed by atoms with Crippen LogP contribution in [0.3, 0.4) is 0 Å². The minimum atomic E-state index is -0.793. The van der Waals surface area contributed by atoms with Crippen molar-refractivity contribution in [2.24, 2.45) is 5.73 Å². The van der Waals surface area contributed by atoms with Gasteiger partial charge in [0.1, 0.15) is 11.6 Å². The molecule has 5 nitrogen and oxygen atoms in total. The third-order valence-electron chi connectivity index (χ3n) is 1.98. The largest absolute Gasteiger partial charge is 0.504 e. The number of phenols is 1. The number of phenolic OH excluding ortho intramolecular Hbond substituents is 1. The molecule has 0 fully saturated rings. The summed E-state index contributed by atoms with van der Waals surface area (Å²) in [6.45, 7) is 2.19. The number of nitrogens with two attached hydrogens (primary N) is 1. The first-order valence-corrected chi connectivity index (χ1v) is 4.96. The van der Waals surface area contributed by atoms with E-state index in [1.165, 1.54) is 18.2 Å². The van der Waals surface area contributed by atoms with Gasteiger partial charge in [0.15, 0.2) is 11.5 Å². The minimum absolute atomic E-state index is 0.00147. The number of hydrogen-bond acceptors (Lipinski definition) is 4. The molecule has 0 saturated carbocycles. The van der Waals surface area contributed by atoms with Crippen molar-refractivity contribution >= 4 is 12.0 Å². The number of carbonyl (C=O) groups excluding carboxylic acids is 1. The topological polar surface area (TPSA) is 96.3 Å². The van der Waals surface area contributed by atoms with E-state index in [0.717, 1.165) is 0 Å². The van der Waals surface area contributed by atoms with Crippen LogP contribution in [0, 0.1) is 11.3 Å². The van der Waals surface area contributed by atoms with Crippen molar-refractivity contribution in [1.29, 1.82) is 5.26 Å². The van der Waals surface area contributed by atoms with Gasteiger partial charge in [-0.15, -0.1) is 0 Å². The average Bonchev–Trinajstić information content (AvgIpc) is 2.30. The Bertz CT molecular complexity index is 501. The molecule has 88 valence electrons. The molecule has 1 aromatic carbocycles. The molecule has 0 aliphatic rings. The zero-order valence-corrected chi connectivity index (χ0v) is 9.30. The standard InChI is InChI=1S/C12H12N2O3/c1-2-17-11-6-8(3-4-10(11)15)5-9(7-13)12(14)16/h3-6,15H,2H2,1H3,(H2,14,16). The molecular formula is C12H12N2O3. The predicted molar refractivity (Wildman–Crippen MR) is 62.1 cm³/mol. The molecule has 0 spiro atoms. The lowest BCUT2D eigenvalue weighted by molar-refractivity contribution is -0.114. The second-order valence-corrected chi connectivity index (χ2v) is 3.19. The van der Waals surface area contributed by atoms with E-state index < -0.39 is 5.91 Å². The summed E-state index contributed by atoms with van der Waals surface area (Å²) in [7, 11) is 0. The van der Waals surface area contributed by atoms with Crippen LogP contribution in [0.2, 0.25) is 0 Å². The highest BCUT2D eigenvalue weighted by molar-refractivity contribution is 6.00. The predicted octanol–water partition coefficient (Wildman–Crippen LogP) is 1.18. The molecule has 0 radical (unpaired) electrons. The average molecular weight is 232 g/mol. The van der Waals surface area contributed by atoms with Gasteiger partial charge in [0, 0.05) is 0 Å². The fourth-order valence-corrected chi connectivity index (χ4v) is 1.22. The van der Waals surface area contributed by atoms with Crippen molar-refractivity contribution in [3.8, 4) is 17.6 Å². The van der Waals surface area contributed by atoms with E-state index in [0.29, 0.717) is 17.9 Å². The smallest absolute Gasteiger partial charge is 0.259 e. The first kappa shape index (κ1) is 12.6. The molecule has 0 aliphatic carbocycles. The number of primary amides is 1. The number of rotatable bonds is 4. The van der Waals surface area contributed by atoms with Crippen LogP contribution in [0.4, 0.5) is 0 Å². The van der Waals surface area contributed by atoms with E-state index in [1.807, 2.05) is 0 Å². The van der Waals surface area contributed by atoms with Gasteiger partial charge in [0.05, 0.1) is 6.61 Å². The fourth-order valence-electron chi connectivity index (χ4n) is 1.22. The quantitative estimate of drug-likeness (QED) is 0.601. The zero-order valence-electron chi connectivity index (χ0n) is 9.30. The fraction of sp³-hybridized carbons (Fsp3) is 0.167. The number of nitrogens with zero attached hydrogens (tertiary/aromatic N) is 1. The van der Waals surface area contributed by atoms with Gasteiger partial charge in [-0.3, -0.25) is 4.79 Å². The molecule has 17 heavy (non-hydrogen) atoms. The van der Waals surface area contributed by atoms with Crippen LogP contribution in [-0.2, 0) is 4.79 Å². The zero-order chi connectivity index (χ0) is 12.8. The third kappa shape index (κ3) is 3.24. The molecule has 0 heterocycles. The number of aromatic hydroxyl groups is 1. The van der Waals surface area contributed by atoms with E-state index in [2.05, 4.69) is 0 Å². The lowest BCUT2D eigenvalue weighted by atomic mass is 10.1. The van der Waals surface area contributed by atoms with Crippen molar-refractivity contribution < 1.29 is 14.6 Å². The molecule has 0 atom stereocenters. The van der Waals surface area contributed by atoms with E-state index in [4.69, 9.17) is 15.7 Å². The van der Waals surface area contributed by atoms with Crippen LogP contribution in [-0.4, -0.2) is 17.6 Å². The number of amides is 1. The molecule has 0 unspecified atom stereocenters. The van der Waals surface area contributed by atoms with E-state index in [-0.39, 0.29) is 11.3 Å². The summed E-state index contributed by atoms with van der Waals surface area (Å²) in [5, 5.41) is 18.1. The Morgan fingerprint density at radius 2 is 2.35 bits per heavy atom. The highest BCUT2D eigenvalue weighted by Crippen LogP contribution is 2.27. The van der Waals surface area contributed by atoms with E-state index >= 15 is 0 Å². The molecule has 0 aliphatic heterocycles. The van der Waals surface area contributed by atoms with Gasteiger partial charge in [-0.05, 0) is 30.7 Å². The molecule has 3 N–H and O–H groups in total. The van der Waals surface area contributed by atoms with Crippen molar-refractivity contribution in [3.05, 3.63) is 29.3 Å². The minimum Gasteiger partial charge on any atom is -0.504 e. The summed E-state index contributed by atoms with van der Waals surface area (Å²) in [5.41, 5.74) is 5.41.